The number of hydrogen-bond donors (Lipinski definition) is 1. The van der Waals surface area contributed by atoms with Crippen molar-refractivity contribution >= 4 is 33.2 Å². The van der Waals surface area contributed by atoms with E-state index in [2.05, 4.69) is 5.32 Å². The normalized spacial score (nSPS) is 13.8. The number of carbonyl (C=O) groups is 1. The lowest BCUT2D eigenvalue weighted by atomic mass is 10.1. The number of nitrogens with one attached hydrogen (secondary N) is 1. The van der Waals surface area contributed by atoms with Gasteiger partial charge in [-0.05, 0) is 73.2 Å². The van der Waals surface area contributed by atoms with E-state index in [1.54, 1.807) is 24.3 Å². The van der Waals surface area contributed by atoms with Crippen LogP contribution in [0.3, 0.4) is 0 Å². The number of ether oxygens (including phenoxy) is 2. The minimum atomic E-state index is -3.75. The van der Waals surface area contributed by atoms with Gasteiger partial charge in [0.15, 0.2) is 11.5 Å². The van der Waals surface area contributed by atoms with Gasteiger partial charge < -0.3 is 14.8 Å². The summed E-state index contributed by atoms with van der Waals surface area (Å²) in [5, 5.41) is 3.41. The molecule has 0 aliphatic carbocycles. The molecule has 3 aromatic rings. The number of benzene rings is 3. The minimum absolute atomic E-state index is 0.129. The van der Waals surface area contributed by atoms with Crippen LogP contribution in [0.15, 0.2) is 71.6 Å². The first-order valence-corrected chi connectivity index (χ1v) is 12.1. The molecule has 0 spiro atoms. The molecule has 172 valence electrons. The molecule has 3 aromatic carbocycles. The minimum Gasteiger partial charge on any atom is -0.486 e. The van der Waals surface area contributed by atoms with Crippen molar-refractivity contribution in [3.8, 4) is 11.5 Å². The predicted molar refractivity (Wildman–Crippen MR) is 127 cm³/mol. The molecule has 1 aliphatic heterocycles. The summed E-state index contributed by atoms with van der Waals surface area (Å²) in [4.78, 5) is 12.9. The van der Waals surface area contributed by atoms with Gasteiger partial charge in [-0.1, -0.05) is 17.7 Å². The smallest absolute Gasteiger partial charge is 0.264 e. The number of anilines is 1. The lowest BCUT2D eigenvalue weighted by molar-refractivity contribution is 0.0939. The summed E-state index contributed by atoms with van der Waals surface area (Å²) >= 11 is 5.85. The maximum absolute atomic E-state index is 12.9. The van der Waals surface area contributed by atoms with Crippen molar-refractivity contribution in [2.24, 2.45) is 0 Å². The monoisotopic (exact) mass is 486 g/mol. The Bertz CT molecular complexity index is 1260. The highest BCUT2D eigenvalue weighted by Gasteiger charge is 2.22. The highest BCUT2D eigenvalue weighted by molar-refractivity contribution is 7.92. The second-order valence-corrected chi connectivity index (χ2v) is 9.98. The zero-order chi connectivity index (χ0) is 23.6. The average molecular weight is 487 g/mol. The van der Waals surface area contributed by atoms with Crippen molar-refractivity contribution in [2.75, 3.05) is 24.6 Å². The number of hydrogen-bond acceptors (Lipinski definition) is 5. The molecule has 1 heterocycles. The Morgan fingerprint density at radius 3 is 2.27 bits per heavy atom. The van der Waals surface area contributed by atoms with Crippen molar-refractivity contribution < 1.29 is 22.7 Å². The van der Waals surface area contributed by atoms with E-state index in [1.165, 1.54) is 31.3 Å². The van der Waals surface area contributed by atoms with Gasteiger partial charge in [-0.15, -0.1) is 0 Å². The van der Waals surface area contributed by atoms with Gasteiger partial charge in [0.05, 0.1) is 16.6 Å². The summed E-state index contributed by atoms with van der Waals surface area (Å²) in [5.74, 6) is 1.08. The Kier molecular flexibility index (Phi) is 6.49. The quantitative estimate of drug-likeness (QED) is 0.557. The topological polar surface area (TPSA) is 84.9 Å². The lowest BCUT2D eigenvalue weighted by Gasteiger charge is -2.21. The number of rotatable bonds is 6. The van der Waals surface area contributed by atoms with Gasteiger partial charge in [0.25, 0.3) is 15.9 Å². The molecule has 0 aromatic heterocycles. The molecule has 0 saturated heterocycles. The van der Waals surface area contributed by atoms with E-state index in [0.29, 0.717) is 41.0 Å². The number of amides is 1. The molecule has 4 rings (SSSR count). The Hall–Kier alpha value is -3.23. The van der Waals surface area contributed by atoms with Crippen LogP contribution in [0.4, 0.5) is 5.69 Å². The Labute approximate surface area is 197 Å². The predicted octanol–water partition coefficient (Wildman–Crippen LogP) is 4.43. The number of halogens is 1. The summed E-state index contributed by atoms with van der Waals surface area (Å²) in [6.45, 7) is 2.89. The third-order valence-corrected chi connectivity index (χ3v) is 7.43. The van der Waals surface area contributed by atoms with Crippen LogP contribution >= 0.6 is 11.6 Å². The van der Waals surface area contributed by atoms with E-state index in [9.17, 15) is 13.2 Å². The van der Waals surface area contributed by atoms with Gasteiger partial charge in [-0.2, -0.15) is 0 Å². The SMILES string of the molecule is CC(NC(=O)c1ccc(N(C)S(=O)(=O)c2ccc(Cl)cc2)cc1)c1ccc2c(c1)OCCO2. The lowest BCUT2D eigenvalue weighted by Crippen LogP contribution is -2.28. The fourth-order valence-electron chi connectivity index (χ4n) is 3.42. The van der Waals surface area contributed by atoms with Gasteiger partial charge in [-0.25, -0.2) is 8.42 Å². The fraction of sp³-hybridized carbons (Fsp3) is 0.208. The maximum Gasteiger partial charge on any atom is 0.264 e. The second kappa shape index (κ2) is 9.33. The zero-order valence-corrected chi connectivity index (χ0v) is 19.7. The van der Waals surface area contributed by atoms with E-state index in [1.807, 2.05) is 25.1 Å². The van der Waals surface area contributed by atoms with Crippen molar-refractivity contribution in [3.63, 3.8) is 0 Å². The van der Waals surface area contributed by atoms with Gasteiger partial charge >= 0.3 is 0 Å². The molecule has 0 radical (unpaired) electrons. The highest BCUT2D eigenvalue weighted by atomic mass is 35.5. The molecule has 0 bridgehead atoms. The van der Waals surface area contributed by atoms with Crippen LogP contribution in [-0.2, 0) is 10.0 Å². The van der Waals surface area contributed by atoms with Crippen LogP contribution in [-0.4, -0.2) is 34.6 Å². The van der Waals surface area contributed by atoms with Crippen LogP contribution in [0.5, 0.6) is 11.5 Å². The Morgan fingerprint density at radius 1 is 0.970 bits per heavy atom. The first-order valence-electron chi connectivity index (χ1n) is 10.3. The molecule has 0 saturated carbocycles. The van der Waals surface area contributed by atoms with Gasteiger partial charge in [0, 0.05) is 17.6 Å². The van der Waals surface area contributed by atoms with Gasteiger partial charge in [0.2, 0.25) is 0 Å². The van der Waals surface area contributed by atoms with Crippen LogP contribution in [0.25, 0.3) is 0 Å². The first kappa shape index (κ1) is 22.9. The van der Waals surface area contributed by atoms with E-state index in [-0.39, 0.29) is 16.8 Å². The van der Waals surface area contributed by atoms with Crippen molar-refractivity contribution in [3.05, 3.63) is 82.9 Å². The molecular formula is C24H23ClN2O5S. The molecule has 1 aliphatic rings. The Morgan fingerprint density at radius 2 is 1.61 bits per heavy atom. The standard InChI is InChI=1S/C24H23ClN2O5S/c1-16(18-5-12-22-23(15-18)32-14-13-31-22)26-24(28)17-3-8-20(9-4-17)27(2)33(29,30)21-10-6-19(25)7-11-21/h3-12,15-16H,13-14H2,1-2H3,(H,26,28). The van der Waals surface area contributed by atoms with E-state index in [4.69, 9.17) is 21.1 Å². The van der Waals surface area contributed by atoms with Gasteiger partial charge in [-0.3, -0.25) is 9.10 Å². The summed E-state index contributed by atoms with van der Waals surface area (Å²) in [6.07, 6.45) is 0. The van der Waals surface area contributed by atoms with E-state index < -0.39 is 10.0 Å². The number of carbonyl (C=O) groups excluding carboxylic acids is 1. The molecule has 33 heavy (non-hydrogen) atoms. The average Bonchev–Trinajstić information content (AvgIpc) is 2.83. The van der Waals surface area contributed by atoms with Gasteiger partial charge in [0.1, 0.15) is 13.2 Å². The van der Waals surface area contributed by atoms with Crippen LogP contribution in [0, 0.1) is 0 Å². The third kappa shape index (κ3) is 4.91. The molecule has 1 N–H and O–H groups in total. The summed E-state index contributed by atoms with van der Waals surface area (Å²) in [6, 6.07) is 17.6. The van der Waals surface area contributed by atoms with Crippen LogP contribution in [0.2, 0.25) is 5.02 Å². The number of nitrogens with zero attached hydrogens (tertiary/aromatic N) is 1. The summed E-state index contributed by atoms with van der Waals surface area (Å²) < 4.78 is 38.0. The maximum atomic E-state index is 12.9. The second-order valence-electron chi connectivity index (χ2n) is 7.57. The van der Waals surface area contributed by atoms with Crippen LogP contribution < -0.4 is 19.1 Å². The van der Waals surface area contributed by atoms with E-state index in [0.717, 1.165) is 9.87 Å². The van der Waals surface area contributed by atoms with Crippen molar-refractivity contribution in [2.45, 2.75) is 17.9 Å². The molecule has 9 heteroatoms. The fourth-order valence-corrected chi connectivity index (χ4v) is 4.74. The zero-order valence-electron chi connectivity index (χ0n) is 18.1. The third-order valence-electron chi connectivity index (χ3n) is 5.38. The largest absolute Gasteiger partial charge is 0.486 e. The van der Waals surface area contributed by atoms with Crippen molar-refractivity contribution in [1.29, 1.82) is 0 Å². The van der Waals surface area contributed by atoms with Crippen molar-refractivity contribution in [1.82, 2.24) is 5.32 Å². The van der Waals surface area contributed by atoms with E-state index >= 15 is 0 Å². The summed E-state index contributed by atoms with van der Waals surface area (Å²) in [7, 11) is -2.29. The highest BCUT2D eigenvalue weighted by Crippen LogP contribution is 2.32. The molecule has 7 nitrogen and oxygen atoms in total. The van der Waals surface area contributed by atoms with Crippen LogP contribution in [0.1, 0.15) is 28.9 Å². The molecule has 1 unspecified atom stereocenters. The molecule has 1 atom stereocenters. The number of fused-ring (bicyclic) bond motifs is 1. The molecular weight excluding hydrogens is 464 g/mol. The first-order chi connectivity index (χ1) is 15.8. The molecule has 1 amide bonds. The molecule has 0 fully saturated rings. The number of sulfonamides is 1. The summed E-state index contributed by atoms with van der Waals surface area (Å²) in [5.41, 5.74) is 1.74. The Balaban J connectivity index is 1.45.